The zero-order valence-electron chi connectivity index (χ0n) is 13.4. The van der Waals surface area contributed by atoms with Crippen molar-refractivity contribution in [2.75, 3.05) is 12.3 Å². The molecule has 3 aromatic rings. The SMILES string of the molecule is O=C(O)c1ccccc1CNCCSc1nnnn1-c1ccccc1. The monoisotopic (exact) mass is 355 g/mol. The minimum absolute atomic E-state index is 0.329. The van der Waals surface area contributed by atoms with Gasteiger partial charge in [0.05, 0.1) is 11.3 Å². The van der Waals surface area contributed by atoms with Crippen molar-refractivity contribution in [3.05, 3.63) is 65.7 Å². The van der Waals surface area contributed by atoms with Crippen LogP contribution >= 0.6 is 11.8 Å². The number of carboxylic acid groups (broad SMARTS) is 1. The zero-order chi connectivity index (χ0) is 17.5. The van der Waals surface area contributed by atoms with E-state index in [4.69, 9.17) is 0 Å². The average molecular weight is 355 g/mol. The molecule has 0 radical (unpaired) electrons. The molecule has 7 nitrogen and oxygen atoms in total. The van der Waals surface area contributed by atoms with Crippen LogP contribution in [0.15, 0.2) is 59.8 Å². The Labute approximate surface area is 149 Å². The van der Waals surface area contributed by atoms with Gasteiger partial charge < -0.3 is 10.4 Å². The number of carboxylic acids is 1. The number of thioether (sulfide) groups is 1. The molecule has 1 heterocycles. The largest absolute Gasteiger partial charge is 0.478 e. The van der Waals surface area contributed by atoms with Crippen molar-refractivity contribution in [2.45, 2.75) is 11.7 Å². The zero-order valence-corrected chi connectivity index (χ0v) is 14.2. The van der Waals surface area contributed by atoms with Gasteiger partial charge in [0, 0.05) is 18.8 Å². The van der Waals surface area contributed by atoms with E-state index >= 15 is 0 Å². The summed E-state index contributed by atoms with van der Waals surface area (Å²) in [5.41, 5.74) is 2.02. The Morgan fingerprint density at radius 2 is 1.88 bits per heavy atom. The average Bonchev–Trinajstić information content (AvgIpc) is 3.11. The number of hydrogen-bond donors (Lipinski definition) is 2. The van der Waals surface area contributed by atoms with Gasteiger partial charge in [-0.25, -0.2) is 4.79 Å². The van der Waals surface area contributed by atoms with Gasteiger partial charge in [0.15, 0.2) is 0 Å². The van der Waals surface area contributed by atoms with Crippen molar-refractivity contribution in [3.63, 3.8) is 0 Å². The molecule has 0 saturated heterocycles. The third-order valence-corrected chi connectivity index (χ3v) is 4.44. The first kappa shape index (κ1) is 17.1. The van der Waals surface area contributed by atoms with E-state index in [1.807, 2.05) is 42.5 Å². The van der Waals surface area contributed by atoms with Gasteiger partial charge in [-0.05, 0) is 34.2 Å². The molecule has 0 aliphatic heterocycles. The van der Waals surface area contributed by atoms with Gasteiger partial charge in [0.2, 0.25) is 5.16 Å². The predicted octanol–water partition coefficient (Wildman–Crippen LogP) is 2.24. The maximum atomic E-state index is 11.2. The Kier molecular flexibility index (Phi) is 5.76. The van der Waals surface area contributed by atoms with Gasteiger partial charge in [-0.1, -0.05) is 48.2 Å². The van der Waals surface area contributed by atoms with Crippen molar-refractivity contribution in [3.8, 4) is 5.69 Å². The number of tetrazole rings is 1. The minimum Gasteiger partial charge on any atom is -0.478 e. The number of benzene rings is 2. The van der Waals surface area contributed by atoms with E-state index in [0.29, 0.717) is 18.7 Å². The van der Waals surface area contributed by atoms with Crippen molar-refractivity contribution < 1.29 is 9.90 Å². The molecule has 0 aliphatic carbocycles. The highest BCUT2D eigenvalue weighted by Gasteiger charge is 2.10. The summed E-state index contributed by atoms with van der Waals surface area (Å²) in [6.07, 6.45) is 0. The fraction of sp³-hybridized carbons (Fsp3) is 0.176. The highest BCUT2D eigenvalue weighted by atomic mass is 32.2. The van der Waals surface area contributed by atoms with E-state index in [0.717, 1.165) is 22.2 Å². The quantitative estimate of drug-likeness (QED) is 0.473. The lowest BCUT2D eigenvalue weighted by atomic mass is 10.1. The van der Waals surface area contributed by atoms with Crippen LogP contribution in [0.5, 0.6) is 0 Å². The molecule has 1 aromatic heterocycles. The minimum atomic E-state index is -0.909. The summed E-state index contributed by atoms with van der Waals surface area (Å²) < 4.78 is 1.70. The Bertz CT molecular complexity index is 838. The third kappa shape index (κ3) is 4.43. The maximum absolute atomic E-state index is 11.2. The van der Waals surface area contributed by atoms with Crippen molar-refractivity contribution in [2.24, 2.45) is 0 Å². The highest BCUT2D eigenvalue weighted by molar-refractivity contribution is 7.99. The molecule has 0 unspecified atom stereocenters. The summed E-state index contributed by atoms with van der Waals surface area (Å²) in [4.78, 5) is 11.2. The smallest absolute Gasteiger partial charge is 0.336 e. The van der Waals surface area contributed by atoms with Crippen LogP contribution in [0.1, 0.15) is 15.9 Å². The van der Waals surface area contributed by atoms with Crippen LogP contribution in [0.25, 0.3) is 5.69 Å². The molecule has 0 spiro atoms. The van der Waals surface area contributed by atoms with Gasteiger partial charge in [-0.2, -0.15) is 4.68 Å². The Morgan fingerprint density at radius 1 is 1.12 bits per heavy atom. The first-order valence-electron chi connectivity index (χ1n) is 7.74. The number of aromatic carboxylic acids is 1. The van der Waals surface area contributed by atoms with Crippen LogP contribution < -0.4 is 5.32 Å². The molecular formula is C17H17N5O2S. The van der Waals surface area contributed by atoms with Crippen LogP contribution in [-0.2, 0) is 6.54 Å². The molecule has 8 heteroatoms. The number of aromatic nitrogens is 4. The van der Waals surface area contributed by atoms with Crippen molar-refractivity contribution in [1.29, 1.82) is 0 Å². The molecule has 0 bridgehead atoms. The van der Waals surface area contributed by atoms with Crippen molar-refractivity contribution in [1.82, 2.24) is 25.5 Å². The molecule has 25 heavy (non-hydrogen) atoms. The number of para-hydroxylation sites is 1. The fourth-order valence-corrected chi connectivity index (χ4v) is 3.11. The molecular weight excluding hydrogens is 338 g/mol. The summed E-state index contributed by atoms with van der Waals surface area (Å²) in [5, 5.41) is 24.9. The molecule has 0 atom stereocenters. The van der Waals surface area contributed by atoms with Crippen LogP contribution in [0.3, 0.4) is 0 Å². The number of rotatable bonds is 8. The first-order chi connectivity index (χ1) is 12.3. The van der Waals surface area contributed by atoms with E-state index in [1.165, 1.54) is 0 Å². The number of hydrogen-bond acceptors (Lipinski definition) is 6. The number of carbonyl (C=O) groups is 1. The van der Waals surface area contributed by atoms with Gasteiger partial charge in [-0.15, -0.1) is 5.10 Å². The Morgan fingerprint density at radius 3 is 2.68 bits per heavy atom. The lowest BCUT2D eigenvalue weighted by molar-refractivity contribution is 0.0695. The van der Waals surface area contributed by atoms with E-state index < -0.39 is 5.97 Å². The van der Waals surface area contributed by atoms with E-state index in [9.17, 15) is 9.90 Å². The van der Waals surface area contributed by atoms with E-state index in [2.05, 4.69) is 20.8 Å². The normalized spacial score (nSPS) is 10.7. The Balaban J connectivity index is 1.51. The van der Waals surface area contributed by atoms with Crippen LogP contribution in [-0.4, -0.2) is 43.6 Å². The van der Waals surface area contributed by atoms with Gasteiger partial charge in [0.1, 0.15) is 0 Å². The molecule has 2 aromatic carbocycles. The Hall–Kier alpha value is -2.71. The topological polar surface area (TPSA) is 92.9 Å². The van der Waals surface area contributed by atoms with E-state index in [1.54, 1.807) is 28.6 Å². The summed E-state index contributed by atoms with van der Waals surface area (Å²) in [7, 11) is 0. The second kappa shape index (κ2) is 8.41. The summed E-state index contributed by atoms with van der Waals surface area (Å²) in [6, 6.07) is 16.7. The van der Waals surface area contributed by atoms with Gasteiger partial charge in [-0.3, -0.25) is 0 Å². The summed E-state index contributed by atoms with van der Waals surface area (Å²) in [5.74, 6) is -0.142. The molecule has 3 rings (SSSR count). The number of nitrogens with one attached hydrogen (secondary N) is 1. The predicted molar refractivity (Wildman–Crippen MR) is 95.0 cm³/mol. The molecule has 0 amide bonds. The van der Waals surface area contributed by atoms with E-state index in [-0.39, 0.29) is 0 Å². The lowest BCUT2D eigenvalue weighted by Crippen LogP contribution is -2.18. The summed E-state index contributed by atoms with van der Waals surface area (Å²) in [6.45, 7) is 1.22. The highest BCUT2D eigenvalue weighted by Crippen LogP contribution is 2.17. The van der Waals surface area contributed by atoms with Gasteiger partial charge in [0.25, 0.3) is 0 Å². The number of nitrogens with zero attached hydrogens (tertiary/aromatic N) is 4. The van der Waals surface area contributed by atoms with Crippen LogP contribution in [0.2, 0.25) is 0 Å². The second-order valence-corrected chi connectivity index (χ2v) is 6.26. The molecule has 0 aliphatic rings. The van der Waals surface area contributed by atoms with Crippen molar-refractivity contribution >= 4 is 17.7 Å². The van der Waals surface area contributed by atoms with Crippen LogP contribution in [0.4, 0.5) is 0 Å². The third-order valence-electron chi connectivity index (χ3n) is 3.51. The molecule has 0 fully saturated rings. The lowest BCUT2D eigenvalue weighted by Gasteiger charge is -2.08. The van der Waals surface area contributed by atoms with Crippen LogP contribution in [0, 0.1) is 0 Å². The molecule has 128 valence electrons. The fourth-order valence-electron chi connectivity index (χ4n) is 2.32. The standard InChI is InChI=1S/C17H17N5O2S/c23-16(24)15-9-5-4-6-13(15)12-18-10-11-25-17-19-20-21-22(17)14-7-2-1-3-8-14/h1-9,18H,10-12H2,(H,23,24). The maximum Gasteiger partial charge on any atom is 0.336 e. The molecule has 2 N–H and O–H groups in total. The first-order valence-corrected chi connectivity index (χ1v) is 8.73. The van der Waals surface area contributed by atoms with Gasteiger partial charge >= 0.3 is 5.97 Å². The summed E-state index contributed by atoms with van der Waals surface area (Å²) >= 11 is 1.54. The second-order valence-electron chi connectivity index (χ2n) is 5.20. The molecule has 0 saturated carbocycles.